The number of anilines is 1. The third-order valence-electron chi connectivity index (χ3n) is 4.40. The molecule has 6 nitrogen and oxygen atoms in total. The maximum Gasteiger partial charge on any atom is 0.342 e. The summed E-state index contributed by atoms with van der Waals surface area (Å²) in [5.41, 5.74) is 2.75. The lowest BCUT2D eigenvalue weighted by molar-refractivity contribution is -0.119. The van der Waals surface area contributed by atoms with E-state index in [0.29, 0.717) is 5.75 Å². The number of phenolic OH excluding ortho intramolecular Hbond substituents is 1. The minimum Gasteiger partial charge on any atom is -0.507 e. The standard InChI is InChI=1S/C22H27NO5/c1-13(2)16-7-6-8-17(14(3)4)21(16)23-20(25)12-28-22(26)18-11-15(27-5)9-10-19(18)24/h6-11,13-14,24H,12H2,1-5H3,(H,23,25). The van der Waals surface area contributed by atoms with E-state index >= 15 is 0 Å². The van der Waals surface area contributed by atoms with Crippen molar-refractivity contribution in [2.75, 3.05) is 19.0 Å². The molecule has 0 aromatic heterocycles. The molecule has 6 heteroatoms. The van der Waals surface area contributed by atoms with E-state index in [4.69, 9.17) is 9.47 Å². The van der Waals surface area contributed by atoms with E-state index < -0.39 is 18.5 Å². The molecule has 28 heavy (non-hydrogen) atoms. The number of nitrogens with one attached hydrogen (secondary N) is 1. The van der Waals surface area contributed by atoms with Crippen molar-refractivity contribution in [3.05, 3.63) is 53.1 Å². The summed E-state index contributed by atoms with van der Waals surface area (Å²) in [6.45, 7) is 7.77. The Labute approximate surface area is 165 Å². The van der Waals surface area contributed by atoms with Crippen molar-refractivity contribution >= 4 is 17.6 Å². The summed E-state index contributed by atoms with van der Waals surface area (Å²) in [6.07, 6.45) is 0. The van der Waals surface area contributed by atoms with Crippen LogP contribution in [-0.4, -0.2) is 30.7 Å². The molecule has 0 aliphatic heterocycles. The van der Waals surface area contributed by atoms with Gasteiger partial charge in [-0.1, -0.05) is 45.9 Å². The number of carbonyl (C=O) groups excluding carboxylic acids is 2. The number of hydrogen-bond donors (Lipinski definition) is 2. The van der Waals surface area contributed by atoms with Crippen molar-refractivity contribution in [2.45, 2.75) is 39.5 Å². The summed E-state index contributed by atoms with van der Waals surface area (Å²) in [5, 5.41) is 12.7. The first-order valence-electron chi connectivity index (χ1n) is 9.21. The molecule has 0 aliphatic rings. The average molecular weight is 385 g/mol. The summed E-state index contributed by atoms with van der Waals surface area (Å²) in [4.78, 5) is 24.7. The predicted molar refractivity (Wildman–Crippen MR) is 108 cm³/mol. The van der Waals surface area contributed by atoms with Gasteiger partial charge < -0.3 is 19.9 Å². The molecule has 150 valence electrons. The van der Waals surface area contributed by atoms with Gasteiger partial charge in [0, 0.05) is 5.69 Å². The molecule has 2 rings (SSSR count). The van der Waals surface area contributed by atoms with Crippen molar-refractivity contribution in [3.8, 4) is 11.5 Å². The zero-order valence-electron chi connectivity index (χ0n) is 16.9. The predicted octanol–water partition coefficient (Wildman–Crippen LogP) is 4.44. The van der Waals surface area contributed by atoms with Crippen LogP contribution in [0.5, 0.6) is 11.5 Å². The lowest BCUT2D eigenvalue weighted by atomic mass is 9.92. The summed E-state index contributed by atoms with van der Waals surface area (Å²) in [5.74, 6) is -0.617. The van der Waals surface area contributed by atoms with Gasteiger partial charge in [-0.2, -0.15) is 0 Å². The van der Waals surface area contributed by atoms with Crippen LogP contribution in [0, 0.1) is 0 Å². The number of ether oxygens (including phenoxy) is 2. The van der Waals surface area contributed by atoms with Crippen molar-refractivity contribution in [3.63, 3.8) is 0 Å². The van der Waals surface area contributed by atoms with Crippen molar-refractivity contribution in [1.29, 1.82) is 0 Å². The second kappa shape index (κ2) is 9.26. The molecule has 0 spiro atoms. The lowest BCUT2D eigenvalue weighted by Gasteiger charge is -2.20. The molecular formula is C22H27NO5. The van der Waals surface area contributed by atoms with Crippen molar-refractivity contribution in [1.82, 2.24) is 0 Å². The Morgan fingerprint density at radius 2 is 1.64 bits per heavy atom. The first-order valence-corrected chi connectivity index (χ1v) is 9.21. The van der Waals surface area contributed by atoms with Crippen LogP contribution in [0.2, 0.25) is 0 Å². The Bertz CT molecular complexity index is 832. The largest absolute Gasteiger partial charge is 0.507 e. The highest BCUT2D eigenvalue weighted by molar-refractivity contribution is 5.97. The fourth-order valence-electron chi connectivity index (χ4n) is 2.89. The zero-order chi connectivity index (χ0) is 20.8. The molecule has 0 saturated heterocycles. The van der Waals surface area contributed by atoms with Gasteiger partial charge in [0.1, 0.15) is 17.1 Å². The minimum absolute atomic E-state index is 0.0578. The van der Waals surface area contributed by atoms with Crippen molar-refractivity contribution in [2.24, 2.45) is 0 Å². The molecule has 2 aromatic rings. The second-order valence-electron chi connectivity index (χ2n) is 7.13. The highest BCUT2D eigenvalue weighted by atomic mass is 16.5. The summed E-state index contributed by atoms with van der Waals surface area (Å²) in [6, 6.07) is 10.2. The van der Waals surface area contributed by atoms with E-state index in [2.05, 4.69) is 33.0 Å². The monoisotopic (exact) mass is 385 g/mol. The first-order chi connectivity index (χ1) is 13.2. The van der Waals surface area contributed by atoms with E-state index in [0.717, 1.165) is 16.8 Å². The Kier molecular flexibility index (Phi) is 7.04. The summed E-state index contributed by atoms with van der Waals surface area (Å²) < 4.78 is 10.1. The molecule has 0 heterocycles. The average Bonchev–Trinajstić information content (AvgIpc) is 2.66. The third kappa shape index (κ3) is 5.03. The number of esters is 1. The maximum atomic E-state index is 12.4. The highest BCUT2D eigenvalue weighted by Crippen LogP contribution is 2.32. The molecule has 0 aliphatic carbocycles. The molecule has 0 fully saturated rings. The maximum absolute atomic E-state index is 12.4. The van der Waals surface area contributed by atoms with E-state index in [1.165, 1.54) is 25.3 Å². The van der Waals surface area contributed by atoms with Crippen LogP contribution in [0.15, 0.2) is 36.4 Å². The fraction of sp³-hybridized carbons (Fsp3) is 0.364. The molecule has 0 unspecified atom stereocenters. The molecule has 0 saturated carbocycles. The Morgan fingerprint density at radius 3 is 2.18 bits per heavy atom. The van der Waals surface area contributed by atoms with Crippen LogP contribution in [0.3, 0.4) is 0 Å². The summed E-state index contributed by atoms with van der Waals surface area (Å²) in [7, 11) is 1.45. The van der Waals surface area contributed by atoms with Gasteiger partial charge in [-0.25, -0.2) is 4.79 Å². The molecule has 0 atom stereocenters. The number of aromatic hydroxyl groups is 1. The van der Waals surface area contributed by atoms with Gasteiger partial charge in [-0.3, -0.25) is 4.79 Å². The number of amides is 1. The lowest BCUT2D eigenvalue weighted by Crippen LogP contribution is -2.22. The molecule has 2 aromatic carbocycles. The number of rotatable bonds is 7. The molecular weight excluding hydrogens is 358 g/mol. The van der Waals surface area contributed by atoms with Crippen LogP contribution >= 0.6 is 0 Å². The highest BCUT2D eigenvalue weighted by Gasteiger charge is 2.19. The van der Waals surface area contributed by atoms with E-state index in [1.807, 2.05) is 18.2 Å². The van der Waals surface area contributed by atoms with Gasteiger partial charge in [-0.05, 0) is 41.2 Å². The number of hydrogen-bond acceptors (Lipinski definition) is 5. The molecule has 1 amide bonds. The zero-order valence-corrected chi connectivity index (χ0v) is 16.9. The van der Waals surface area contributed by atoms with Gasteiger partial charge in [0.2, 0.25) is 0 Å². The van der Waals surface area contributed by atoms with Crippen LogP contribution in [0.25, 0.3) is 0 Å². The third-order valence-corrected chi connectivity index (χ3v) is 4.40. The second-order valence-corrected chi connectivity index (χ2v) is 7.13. The summed E-state index contributed by atoms with van der Waals surface area (Å²) >= 11 is 0. The number of carbonyl (C=O) groups is 2. The first kappa shape index (κ1) is 21.3. The quantitative estimate of drug-likeness (QED) is 0.688. The van der Waals surface area contributed by atoms with Gasteiger partial charge in [-0.15, -0.1) is 0 Å². The number of para-hydroxylation sites is 1. The van der Waals surface area contributed by atoms with Crippen LogP contribution < -0.4 is 10.1 Å². The van der Waals surface area contributed by atoms with Gasteiger partial charge in [0.25, 0.3) is 5.91 Å². The number of benzene rings is 2. The topological polar surface area (TPSA) is 84.9 Å². The number of phenols is 1. The van der Waals surface area contributed by atoms with E-state index in [9.17, 15) is 14.7 Å². The Balaban J connectivity index is 2.12. The van der Waals surface area contributed by atoms with Gasteiger partial charge in [0.05, 0.1) is 7.11 Å². The van der Waals surface area contributed by atoms with Crippen LogP contribution in [0.1, 0.15) is 61.0 Å². The van der Waals surface area contributed by atoms with Crippen molar-refractivity contribution < 1.29 is 24.2 Å². The van der Waals surface area contributed by atoms with Gasteiger partial charge in [0.15, 0.2) is 6.61 Å². The minimum atomic E-state index is -0.798. The normalized spacial score (nSPS) is 10.8. The molecule has 0 radical (unpaired) electrons. The van der Waals surface area contributed by atoms with E-state index in [-0.39, 0.29) is 23.1 Å². The fourth-order valence-corrected chi connectivity index (χ4v) is 2.89. The molecule has 2 N–H and O–H groups in total. The Morgan fingerprint density at radius 1 is 1.04 bits per heavy atom. The molecule has 0 bridgehead atoms. The SMILES string of the molecule is COc1ccc(O)c(C(=O)OCC(=O)Nc2c(C(C)C)cccc2C(C)C)c1. The van der Waals surface area contributed by atoms with Crippen LogP contribution in [0.4, 0.5) is 5.69 Å². The van der Waals surface area contributed by atoms with Gasteiger partial charge >= 0.3 is 5.97 Å². The van der Waals surface area contributed by atoms with E-state index in [1.54, 1.807) is 0 Å². The Hall–Kier alpha value is -3.02. The number of methoxy groups -OCH3 is 1. The van der Waals surface area contributed by atoms with Crippen LogP contribution in [-0.2, 0) is 9.53 Å². The smallest absolute Gasteiger partial charge is 0.342 e.